The third-order valence-electron chi connectivity index (χ3n) is 4.12. The molecule has 0 bridgehead atoms. The highest BCUT2D eigenvalue weighted by Crippen LogP contribution is 2.13. The lowest BCUT2D eigenvalue weighted by Crippen LogP contribution is -2.36. The summed E-state index contributed by atoms with van der Waals surface area (Å²) in [5.74, 6) is 1.71. The topological polar surface area (TPSA) is 58.1 Å². The third kappa shape index (κ3) is 10.8. The molecule has 0 atom stereocenters. The second-order valence-corrected chi connectivity index (χ2v) is 7.25. The van der Waals surface area contributed by atoms with Crippen molar-refractivity contribution in [2.75, 3.05) is 47.0 Å². The first-order chi connectivity index (χ1) is 13.7. The number of nitrogens with zero attached hydrogens (tertiary/aromatic N) is 2. The Hall–Kier alpha value is -1.36. The summed E-state index contributed by atoms with van der Waals surface area (Å²) in [6, 6.07) is 10.3. The highest BCUT2D eigenvalue weighted by atomic mass is 127. The van der Waals surface area contributed by atoms with Crippen LogP contribution in [0.2, 0.25) is 0 Å². The highest BCUT2D eigenvalue weighted by Gasteiger charge is 2.02. The molecule has 0 spiro atoms. The number of thiophene rings is 1. The first-order valence-corrected chi connectivity index (χ1v) is 10.6. The first-order valence-electron chi connectivity index (χ1n) is 9.63. The van der Waals surface area contributed by atoms with Crippen LogP contribution < -0.4 is 15.4 Å². The zero-order valence-electron chi connectivity index (χ0n) is 17.5. The maximum atomic E-state index is 5.89. The Labute approximate surface area is 195 Å². The minimum Gasteiger partial charge on any atom is -0.492 e. The molecule has 2 aromatic rings. The standard InChI is InChI=1S/C21H32N4O2S.HI/c1-4-22-21(24-16-19-8-13-28-17-19)23-15-18-6-5-7-20(14-18)27-12-10-25(2)9-11-26-3;/h5-8,13-14,17H,4,9-12,15-16H2,1-3H3,(H2,22,23,24);1H. The summed E-state index contributed by atoms with van der Waals surface area (Å²) in [6.07, 6.45) is 0. The van der Waals surface area contributed by atoms with Crippen LogP contribution in [0.5, 0.6) is 5.75 Å². The number of aliphatic imine (C=N–C) groups is 1. The molecule has 2 N–H and O–H groups in total. The third-order valence-corrected chi connectivity index (χ3v) is 4.85. The number of guanidine groups is 1. The van der Waals surface area contributed by atoms with Gasteiger partial charge in [0.05, 0.1) is 13.2 Å². The van der Waals surface area contributed by atoms with Crippen molar-refractivity contribution in [3.63, 3.8) is 0 Å². The molecule has 0 unspecified atom stereocenters. The van der Waals surface area contributed by atoms with Gasteiger partial charge in [-0.05, 0) is 54.1 Å². The molecule has 1 aromatic heterocycles. The Bertz CT molecular complexity index is 698. The lowest BCUT2D eigenvalue weighted by molar-refractivity contribution is 0.150. The Balaban J connectivity index is 0.00000420. The molecule has 0 saturated heterocycles. The molecule has 0 aliphatic rings. The predicted octanol–water partition coefficient (Wildman–Crippen LogP) is 3.58. The fourth-order valence-electron chi connectivity index (χ4n) is 2.50. The second-order valence-electron chi connectivity index (χ2n) is 6.47. The van der Waals surface area contributed by atoms with E-state index in [1.165, 1.54) is 5.56 Å². The Morgan fingerprint density at radius 1 is 1.14 bits per heavy atom. The molecule has 0 aliphatic carbocycles. The van der Waals surface area contributed by atoms with Crippen LogP contribution in [0.4, 0.5) is 0 Å². The fraction of sp³-hybridized carbons (Fsp3) is 0.476. The molecular weight excluding hydrogens is 499 g/mol. The summed E-state index contributed by atoms with van der Waals surface area (Å²) < 4.78 is 11.0. The number of rotatable bonds is 12. The summed E-state index contributed by atoms with van der Waals surface area (Å²) in [5, 5.41) is 10.9. The number of ether oxygens (including phenoxy) is 2. The van der Waals surface area contributed by atoms with Crippen LogP contribution in [0, 0.1) is 0 Å². The summed E-state index contributed by atoms with van der Waals surface area (Å²) >= 11 is 1.70. The lowest BCUT2D eigenvalue weighted by atomic mass is 10.2. The van der Waals surface area contributed by atoms with Gasteiger partial charge in [-0.2, -0.15) is 11.3 Å². The van der Waals surface area contributed by atoms with Gasteiger partial charge >= 0.3 is 0 Å². The Kier molecular flexibility index (Phi) is 13.7. The van der Waals surface area contributed by atoms with Crippen molar-refractivity contribution in [1.29, 1.82) is 0 Å². The number of hydrogen-bond donors (Lipinski definition) is 2. The summed E-state index contributed by atoms with van der Waals surface area (Å²) in [6.45, 7) is 7.43. The van der Waals surface area contributed by atoms with Crippen molar-refractivity contribution < 1.29 is 9.47 Å². The van der Waals surface area contributed by atoms with Crippen LogP contribution >= 0.6 is 35.3 Å². The van der Waals surface area contributed by atoms with E-state index in [0.29, 0.717) is 19.7 Å². The SMILES string of the molecule is CCNC(=NCc1ccsc1)NCc1cccc(OCCN(C)CCOC)c1.I. The number of likely N-dealkylation sites (N-methyl/N-ethyl adjacent to an activating group) is 1. The Morgan fingerprint density at radius 3 is 2.69 bits per heavy atom. The molecular formula is C21H33IN4O2S. The molecule has 0 fully saturated rings. The normalized spacial score (nSPS) is 11.2. The average Bonchev–Trinajstić information content (AvgIpc) is 3.22. The minimum absolute atomic E-state index is 0. The quantitative estimate of drug-likeness (QED) is 0.249. The monoisotopic (exact) mass is 532 g/mol. The molecule has 2 rings (SSSR count). The van der Waals surface area contributed by atoms with Crippen LogP contribution in [0.3, 0.4) is 0 Å². The molecule has 6 nitrogen and oxygen atoms in total. The van der Waals surface area contributed by atoms with Crippen LogP contribution in [-0.4, -0.2) is 57.9 Å². The van der Waals surface area contributed by atoms with Gasteiger partial charge in [-0.25, -0.2) is 4.99 Å². The van der Waals surface area contributed by atoms with Crippen LogP contribution in [-0.2, 0) is 17.8 Å². The number of hydrogen-bond acceptors (Lipinski definition) is 5. The number of halogens is 1. The van der Waals surface area contributed by atoms with Crippen LogP contribution in [0.15, 0.2) is 46.1 Å². The minimum atomic E-state index is 0. The predicted molar refractivity (Wildman–Crippen MR) is 133 cm³/mol. The largest absolute Gasteiger partial charge is 0.492 e. The molecule has 1 aromatic carbocycles. The molecule has 162 valence electrons. The lowest BCUT2D eigenvalue weighted by Gasteiger charge is -2.16. The zero-order valence-corrected chi connectivity index (χ0v) is 20.7. The molecule has 1 heterocycles. The van der Waals surface area contributed by atoms with Crippen LogP contribution in [0.1, 0.15) is 18.1 Å². The van der Waals surface area contributed by atoms with Gasteiger partial charge < -0.3 is 25.0 Å². The smallest absolute Gasteiger partial charge is 0.191 e. The molecule has 29 heavy (non-hydrogen) atoms. The first kappa shape index (κ1) is 25.7. The van der Waals surface area contributed by atoms with Crippen LogP contribution in [0.25, 0.3) is 0 Å². The molecule has 0 aliphatic heterocycles. The maximum absolute atomic E-state index is 5.89. The zero-order chi connectivity index (χ0) is 20.0. The van der Waals surface area contributed by atoms with Gasteiger partial charge in [-0.1, -0.05) is 12.1 Å². The van der Waals surface area contributed by atoms with Crippen molar-refractivity contribution in [2.24, 2.45) is 4.99 Å². The van der Waals surface area contributed by atoms with Crippen molar-refractivity contribution in [3.05, 3.63) is 52.2 Å². The number of nitrogens with one attached hydrogen (secondary N) is 2. The van der Waals surface area contributed by atoms with Crippen molar-refractivity contribution in [2.45, 2.75) is 20.0 Å². The van der Waals surface area contributed by atoms with Gasteiger partial charge in [0.15, 0.2) is 5.96 Å². The number of methoxy groups -OCH3 is 1. The summed E-state index contributed by atoms with van der Waals surface area (Å²) in [4.78, 5) is 6.84. The van der Waals surface area contributed by atoms with Gasteiger partial charge in [0.25, 0.3) is 0 Å². The van der Waals surface area contributed by atoms with E-state index in [9.17, 15) is 0 Å². The Morgan fingerprint density at radius 2 is 1.97 bits per heavy atom. The molecule has 0 radical (unpaired) electrons. The van der Waals surface area contributed by atoms with Crippen molar-refractivity contribution in [3.8, 4) is 5.75 Å². The van der Waals surface area contributed by atoms with Gasteiger partial charge in [0.1, 0.15) is 12.4 Å². The van der Waals surface area contributed by atoms with E-state index in [2.05, 4.69) is 63.5 Å². The van der Waals surface area contributed by atoms with Crippen molar-refractivity contribution >= 4 is 41.3 Å². The van der Waals surface area contributed by atoms with E-state index in [-0.39, 0.29) is 24.0 Å². The van der Waals surface area contributed by atoms with E-state index in [1.807, 2.05) is 12.1 Å². The van der Waals surface area contributed by atoms with E-state index < -0.39 is 0 Å². The summed E-state index contributed by atoms with van der Waals surface area (Å²) in [5.41, 5.74) is 2.39. The highest BCUT2D eigenvalue weighted by molar-refractivity contribution is 14.0. The van der Waals surface area contributed by atoms with E-state index in [1.54, 1.807) is 18.4 Å². The van der Waals surface area contributed by atoms with Gasteiger partial charge in [-0.3, -0.25) is 0 Å². The number of benzene rings is 1. The van der Waals surface area contributed by atoms with Crippen molar-refractivity contribution in [1.82, 2.24) is 15.5 Å². The maximum Gasteiger partial charge on any atom is 0.191 e. The molecule has 0 amide bonds. The van der Waals surface area contributed by atoms with Gasteiger partial charge in [0, 0.05) is 33.3 Å². The molecule has 8 heteroatoms. The second kappa shape index (κ2) is 15.5. The van der Waals surface area contributed by atoms with Gasteiger partial charge in [-0.15, -0.1) is 24.0 Å². The molecule has 0 saturated carbocycles. The van der Waals surface area contributed by atoms with E-state index in [0.717, 1.165) is 43.5 Å². The van der Waals surface area contributed by atoms with Gasteiger partial charge in [0.2, 0.25) is 0 Å². The van der Waals surface area contributed by atoms with E-state index >= 15 is 0 Å². The van der Waals surface area contributed by atoms with E-state index in [4.69, 9.17) is 9.47 Å². The summed E-state index contributed by atoms with van der Waals surface area (Å²) in [7, 11) is 3.79. The fourth-order valence-corrected chi connectivity index (χ4v) is 3.16. The average molecular weight is 532 g/mol.